The lowest BCUT2D eigenvalue weighted by Crippen LogP contribution is -2.19. The topological polar surface area (TPSA) is 80.9 Å². The van der Waals surface area contributed by atoms with Gasteiger partial charge >= 0.3 is 5.97 Å². The first kappa shape index (κ1) is 18.3. The zero-order valence-electron chi connectivity index (χ0n) is 16.8. The molecule has 156 valence electrons. The van der Waals surface area contributed by atoms with Gasteiger partial charge in [-0.15, -0.1) is 0 Å². The average Bonchev–Trinajstić information content (AvgIpc) is 3.66. The quantitative estimate of drug-likeness (QED) is 0.686. The van der Waals surface area contributed by atoms with E-state index in [1.54, 1.807) is 4.57 Å². The van der Waals surface area contributed by atoms with E-state index in [9.17, 15) is 14.7 Å². The highest BCUT2D eigenvalue weighted by Gasteiger charge is 2.47. The summed E-state index contributed by atoms with van der Waals surface area (Å²) in [5.74, 6) is -1.70. The number of halogens is 1. The molecule has 2 fully saturated rings. The van der Waals surface area contributed by atoms with Crippen LogP contribution in [0.4, 0.5) is 4.39 Å². The van der Waals surface area contributed by atoms with Gasteiger partial charge in [0.1, 0.15) is 11.4 Å². The highest BCUT2D eigenvalue weighted by Crippen LogP contribution is 2.53. The number of ether oxygens (including phenoxy) is 1. The normalized spacial score (nSPS) is 17.9. The minimum Gasteiger partial charge on any atom is -0.494 e. The van der Waals surface area contributed by atoms with Crippen molar-refractivity contribution in [1.82, 2.24) is 4.57 Å². The smallest absolute Gasteiger partial charge is 0.341 e. The van der Waals surface area contributed by atoms with Gasteiger partial charge in [0.05, 0.1) is 29.1 Å². The third-order valence-corrected chi connectivity index (χ3v) is 6.61. The van der Waals surface area contributed by atoms with Gasteiger partial charge < -0.3 is 14.4 Å². The number of fused-ring (bicyclic) bond motifs is 3. The molecule has 7 heteroatoms. The molecule has 0 unspecified atom stereocenters. The lowest BCUT2D eigenvalue weighted by Gasteiger charge is -2.19. The summed E-state index contributed by atoms with van der Waals surface area (Å²) in [4.78, 5) is 29.1. The minimum absolute atomic E-state index is 0.0181. The third-order valence-electron chi connectivity index (χ3n) is 6.61. The first-order valence-corrected chi connectivity index (χ1v) is 10.3. The van der Waals surface area contributed by atoms with E-state index >= 15 is 4.39 Å². The van der Waals surface area contributed by atoms with Crippen molar-refractivity contribution in [2.24, 2.45) is 4.99 Å². The van der Waals surface area contributed by atoms with Crippen molar-refractivity contribution >= 4 is 23.1 Å². The number of carbonyl (C=O) groups is 1. The van der Waals surface area contributed by atoms with Crippen molar-refractivity contribution in [3.8, 4) is 16.9 Å². The van der Waals surface area contributed by atoms with Crippen LogP contribution in [0, 0.1) is 5.82 Å². The molecule has 3 aliphatic rings. The van der Waals surface area contributed by atoms with Gasteiger partial charge in [-0.3, -0.25) is 9.79 Å². The number of aromatic nitrogens is 1. The number of aromatic carboxylic acids is 1. The van der Waals surface area contributed by atoms with E-state index in [0.717, 1.165) is 42.9 Å². The van der Waals surface area contributed by atoms with E-state index < -0.39 is 17.2 Å². The Bertz CT molecular complexity index is 1400. The van der Waals surface area contributed by atoms with E-state index in [1.807, 2.05) is 24.4 Å². The standard InChI is InChI=1S/C24H19FN2O4/c1-31-22-19(12-2-5-17-13(8-12)10-26-24(17)6-7-24)18(25)9-15-20(22)27(14-3-4-14)11-16(21(15)28)23(29)30/h2,5,8-11,14H,3-4,6-7H2,1H3,(H,29,30). The second-order valence-corrected chi connectivity index (χ2v) is 8.57. The van der Waals surface area contributed by atoms with E-state index in [1.165, 1.54) is 13.3 Å². The number of benzene rings is 2. The van der Waals surface area contributed by atoms with Gasteiger partial charge in [0.15, 0.2) is 5.75 Å². The summed E-state index contributed by atoms with van der Waals surface area (Å²) in [5, 5.41) is 9.48. The lowest BCUT2D eigenvalue weighted by atomic mass is 9.94. The number of nitrogens with zero attached hydrogens (tertiary/aromatic N) is 2. The Morgan fingerprint density at radius 1 is 1.29 bits per heavy atom. The Hall–Kier alpha value is -3.48. The molecule has 2 heterocycles. The lowest BCUT2D eigenvalue weighted by molar-refractivity contribution is 0.0695. The average molecular weight is 418 g/mol. The van der Waals surface area contributed by atoms with Gasteiger partial charge in [0.2, 0.25) is 5.43 Å². The Morgan fingerprint density at radius 3 is 2.71 bits per heavy atom. The van der Waals surface area contributed by atoms with Gasteiger partial charge in [-0.1, -0.05) is 12.1 Å². The van der Waals surface area contributed by atoms with Crippen LogP contribution in [0.25, 0.3) is 22.0 Å². The van der Waals surface area contributed by atoms with Crippen LogP contribution in [0.5, 0.6) is 5.75 Å². The molecule has 1 aromatic heterocycles. The molecule has 6 nitrogen and oxygen atoms in total. The monoisotopic (exact) mass is 418 g/mol. The van der Waals surface area contributed by atoms with E-state index in [-0.39, 0.29) is 33.8 Å². The predicted octanol–water partition coefficient (Wildman–Crippen LogP) is 4.27. The summed E-state index contributed by atoms with van der Waals surface area (Å²) < 4.78 is 22.8. The Labute approximate surface area is 176 Å². The van der Waals surface area contributed by atoms with Crippen molar-refractivity contribution < 1.29 is 19.0 Å². The van der Waals surface area contributed by atoms with E-state index in [0.29, 0.717) is 11.1 Å². The molecule has 0 saturated heterocycles. The molecule has 1 spiro atoms. The Morgan fingerprint density at radius 2 is 2.06 bits per heavy atom. The summed E-state index contributed by atoms with van der Waals surface area (Å²) in [6, 6.07) is 6.98. The van der Waals surface area contributed by atoms with Crippen molar-refractivity contribution in [1.29, 1.82) is 0 Å². The summed E-state index contributed by atoms with van der Waals surface area (Å²) in [6.07, 6.45) is 7.00. The second kappa shape index (κ2) is 6.03. The number of hydrogen-bond acceptors (Lipinski definition) is 4. The molecule has 31 heavy (non-hydrogen) atoms. The van der Waals surface area contributed by atoms with E-state index in [4.69, 9.17) is 4.74 Å². The number of carboxylic acids is 1. The van der Waals surface area contributed by atoms with Crippen LogP contribution in [0.1, 0.15) is 53.2 Å². The Balaban J connectivity index is 1.65. The summed E-state index contributed by atoms with van der Waals surface area (Å²) in [7, 11) is 1.44. The first-order valence-electron chi connectivity index (χ1n) is 10.3. The van der Waals surface area contributed by atoms with Crippen molar-refractivity contribution in [2.45, 2.75) is 37.3 Å². The second-order valence-electron chi connectivity index (χ2n) is 8.57. The SMILES string of the molecule is COc1c(-c2ccc3c(c2)C=NC32CC2)c(F)cc2c(=O)c(C(=O)O)cn(C3CC3)c12. The molecule has 0 radical (unpaired) electrons. The first-order chi connectivity index (χ1) is 14.9. The molecule has 3 aromatic rings. The van der Waals surface area contributed by atoms with Crippen molar-refractivity contribution in [2.75, 3.05) is 7.11 Å². The zero-order chi connectivity index (χ0) is 21.5. The molecule has 0 amide bonds. The van der Waals surface area contributed by atoms with Crippen LogP contribution in [0.2, 0.25) is 0 Å². The van der Waals surface area contributed by atoms with Crippen molar-refractivity contribution in [3.63, 3.8) is 0 Å². The molecular formula is C24H19FN2O4. The maximum Gasteiger partial charge on any atom is 0.341 e. The molecule has 6 rings (SSSR count). The fourth-order valence-electron chi connectivity index (χ4n) is 4.74. The fraction of sp³-hybridized carbons (Fsp3) is 0.292. The molecule has 1 aliphatic heterocycles. The van der Waals surface area contributed by atoms with Crippen LogP contribution in [0.3, 0.4) is 0 Å². The number of methoxy groups -OCH3 is 1. The van der Waals surface area contributed by atoms with Crippen LogP contribution < -0.4 is 10.2 Å². The number of rotatable bonds is 4. The van der Waals surface area contributed by atoms with E-state index in [2.05, 4.69) is 4.99 Å². The highest BCUT2D eigenvalue weighted by molar-refractivity contribution is 5.98. The summed E-state index contributed by atoms with van der Waals surface area (Å²) >= 11 is 0. The van der Waals surface area contributed by atoms with Crippen LogP contribution in [-0.2, 0) is 5.54 Å². The number of carboxylic acid groups (broad SMARTS) is 1. The molecule has 2 aromatic carbocycles. The van der Waals surface area contributed by atoms with Gasteiger partial charge in [0.25, 0.3) is 0 Å². The molecule has 2 aliphatic carbocycles. The molecular weight excluding hydrogens is 399 g/mol. The molecule has 1 N–H and O–H groups in total. The summed E-state index contributed by atoms with van der Waals surface area (Å²) in [6.45, 7) is 0. The predicted molar refractivity (Wildman–Crippen MR) is 114 cm³/mol. The molecule has 2 saturated carbocycles. The highest BCUT2D eigenvalue weighted by atomic mass is 19.1. The van der Waals surface area contributed by atoms with Gasteiger partial charge in [-0.2, -0.15) is 0 Å². The Kier molecular flexibility index (Phi) is 3.56. The maximum atomic E-state index is 15.4. The molecule has 0 bridgehead atoms. The largest absolute Gasteiger partial charge is 0.494 e. The van der Waals surface area contributed by atoms with Gasteiger partial charge in [-0.25, -0.2) is 9.18 Å². The summed E-state index contributed by atoms with van der Waals surface area (Å²) in [5.41, 5.74) is 2.31. The number of pyridine rings is 1. The van der Waals surface area contributed by atoms with Crippen LogP contribution >= 0.6 is 0 Å². The molecule has 0 atom stereocenters. The zero-order valence-corrected chi connectivity index (χ0v) is 16.8. The van der Waals surface area contributed by atoms with Gasteiger partial charge in [-0.05, 0) is 54.5 Å². The van der Waals surface area contributed by atoms with Crippen LogP contribution in [0.15, 0.2) is 40.2 Å². The van der Waals surface area contributed by atoms with Crippen LogP contribution in [-0.4, -0.2) is 29.0 Å². The minimum atomic E-state index is -1.32. The number of aliphatic imine (C=N–C) groups is 1. The van der Waals surface area contributed by atoms with Crippen molar-refractivity contribution in [3.05, 3.63) is 63.2 Å². The third kappa shape index (κ3) is 2.52. The maximum absolute atomic E-state index is 15.4. The number of hydrogen-bond donors (Lipinski definition) is 1. The fourth-order valence-corrected chi connectivity index (χ4v) is 4.74. The van der Waals surface area contributed by atoms with Gasteiger partial charge in [0, 0.05) is 18.5 Å².